The van der Waals surface area contributed by atoms with Gasteiger partial charge in [0.05, 0.1) is 0 Å². The first kappa shape index (κ1) is 10.2. The van der Waals surface area contributed by atoms with E-state index in [2.05, 4.69) is 11.8 Å². The van der Waals surface area contributed by atoms with E-state index in [9.17, 15) is 4.79 Å². The third-order valence-corrected chi connectivity index (χ3v) is 3.33. The van der Waals surface area contributed by atoms with Crippen molar-refractivity contribution in [2.45, 2.75) is 58.0 Å². The fourth-order valence-electron chi connectivity index (χ4n) is 2.23. The van der Waals surface area contributed by atoms with Crippen LogP contribution < -0.4 is 0 Å². The normalized spacial score (nSPS) is 23.9. The number of nitrogens with zero attached hydrogens (tertiary/aromatic N) is 1. The fourth-order valence-corrected chi connectivity index (χ4v) is 2.23. The third-order valence-electron chi connectivity index (χ3n) is 3.33. The van der Waals surface area contributed by atoms with E-state index in [0.29, 0.717) is 11.8 Å². The highest BCUT2D eigenvalue weighted by atomic mass is 16.1. The van der Waals surface area contributed by atoms with Crippen molar-refractivity contribution in [1.29, 1.82) is 0 Å². The van der Waals surface area contributed by atoms with Gasteiger partial charge in [-0.15, -0.1) is 0 Å². The topological polar surface area (TPSA) is 20.3 Å². The molecule has 0 bridgehead atoms. The summed E-state index contributed by atoms with van der Waals surface area (Å²) >= 11 is 0. The minimum atomic E-state index is 0.332. The molecule has 80 valence electrons. The van der Waals surface area contributed by atoms with Crippen LogP contribution >= 0.6 is 0 Å². The van der Waals surface area contributed by atoms with Crippen molar-refractivity contribution in [1.82, 2.24) is 4.90 Å². The van der Waals surface area contributed by atoms with Crippen molar-refractivity contribution < 1.29 is 4.79 Å². The SMILES string of the molecule is CC(=O)CC(C)N(CC1CC1)C1CC1. The Hall–Kier alpha value is -0.370. The second kappa shape index (κ2) is 4.01. The zero-order valence-corrected chi connectivity index (χ0v) is 9.33. The lowest BCUT2D eigenvalue weighted by Crippen LogP contribution is -2.37. The molecule has 2 nitrogen and oxygen atoms in total. The number of ketones is 1. The van der Waals surface area contributed by atoms with Crippen molar-refractivity contribution in [3.05, 3.63) is 0 Å². The molecule has 0 saturated heterocycles. The first-order valence-corrected chi connectivity index (χ1v) is 5.92. The lowest BCUT2D eigenvalue weighted by Gasteiger charge is -2.28. The summed E-state index contributed by atoms with van der Waals surface area (Å²) in [5.41, 5.74) is 0. The highest BCUT2D eigenvalue weighted by Gasteiger charge is 2.36. The van der Waals surface area contributed by atoms with Gasteiger partial charge in [0.2, 0.25) is 0 Å². The van der Waals surface area contributed by atoms with Gasteiger partial charge in [-0.1, -0.05) is 0 Å². The molecule has 0 aliphatic heterocycles. The summed E-state index contributed by atoms with van der Waals surface area (Å²) in [6.45, 7) is 5.17. The Morgan fingerprint density at radius 3 is 2.43 bits per heavy atom. The third kappa shape index (κ3) is 2.81. The summed E-state index contributed by atoms with van der Waals surface area (Å²) in [6.07, 6.45) is 6.28. The van der Waals surface area contributed by atoms with E-state index >= 15 is 0 Å². The Labute approximate surface area is 86.7 Å². The van der Waals surface area contributed by atoms with Crippen LogP contribution in [0.2, 0.25) is 0 Å². The molecular formula is C12H21NO. The van der Waals surface area contributed by atoms with Gasteiger partial charge in [0.1, 0.15) is 5.78 Å². The van der Waals surface area contributed by atoms with Gasteiger partial charge >= 0.3 is 0 Å². The number of hydrogen-bond acceptors (Lipinski definition) is 2. The van der Waals surface area contributed by atoms with E-state index < -0.39 is 0 Å². The van der Waals surface area contributed by atoms with Crippen LogP contribution in [-0.4, -0.2) is 29.3 Å². The molecule has 2 rings (SSSR count). The largest absolute Gasteiger partial charge is 0.300 e. The van der Waals surface area contributed by atoms with Gasteiger partial charge in [-0.2, -0.15) is 0 Å². The minimum Gasteiger partial charge on any atom is -0.300 e. The fraction of sp³-hybridized carbons (Fsp3) is 0.917. The van der Waals surface area contributed by atoms with Crippen molar-refractivity contribution in [2.75, 3.05) is 6.54 Å². The predicted molar refractivity (Wildman–Crippen MR) is 57.2 cm³/mol. The number of carbonyl (C=O) groups is 1. The molecule has 0 radical (unpaired) electrons. The summed E-state index contributed by atoms with van der Waals surface area (Å²) in [7, 11) is 0. The van der Waals surface area contributed by atoms with E-state index in [4.69, 9.17) is 0 Å². The Bertz CT molecular complexity index is 218. The summed E-state index contributed by atoms with van der Waals surface area (Å²) in [6, 6.07) is 1.28. The maximum Gasteiger partial charge on any atom is 0.131 e. The number of hydrogen-bond donors (Lipinski definition) is 0. The molecule has 2 aliphatic carbocycles. The molecule has 0 aromatic rings. The van der Waals surface area contributed by atoms with Crippen molar-refractivity contribution in [2.24, 2.45) is 5.92 Å². The summed E-state index contributed by atoms with van der Waals surface area (Å²) in [4.78, 5) is 13.7. The number of carbonyl (C=O) groups excluding carboxylic acids is 1. The van der Waals surface area contributed by atoms with Crippen molar-refractivity contribution in [3.63, 3.8) is 0 Å². The zero-order valence-electron chi connectivity index (χ0n) is 9.33. The Balaban J connectivity index is 1.83. The minimum absolute atomic E-state index is 0.332. The van der Waals surface area contributed by atoms with Crippen LogP contribution in [0.25, 0.3) is 0 Å². The molecule has 2 saturated carbocycles. The smallest absolute Gasteiger partial charge is 0.131 e. The lowest BCUT2D eigenvalue weighted by molar-refractivity contribution is -0.118. The van der Waals surface area contributed by atoms with Gasteiger partial charge in [0.25, 0.3) is 0 Å². The average molecular weight is 195 g/mol. The van der Waals surface area contributed by atoms with Crippen molar-refractivity contribution in [3.8, 4) is 0 Å². The number of Topliss-reactive ketones (excluding diaryl/α,β-unsaturated/α-hetero) is 1. The van der Waals surface area contributed by atoms with Crippen LogP contribution in [0.15, 0.2) is 0 Å². The van der Waals surface area contributed by atoms with Crippen LogP contribution in [0, 0.1) is 5.92 Å². The molecule has 1 atom stereocenters. The van der Waals surface area contributed by atoms with Gasteiger partial charge in [-0.3, -0.25) is 9.69 Å². The molecule has 1 unspecified atom stereocenters. The standard InChI is InChI=1S/C12H21NO/c1-9(7-10(2)14)13(12-5-6-12)8-11-3-4-11/h9,11-12H,3-8H2,1-2H3. The monoisotopic (exact) mass is 195 g/mol. The van der Waals surface area contributed by atoms with E-state index in [1.807, 2.05) is 0 Å². The summed E-state index contributed by atoms with van der Waals surface area (Å²) < 4.78 is 0. The van der Waals surface area contributed by atoms with Gasteiger partial charge in [0, 0.05) is 25.0 Å². The molecule has 0 N–H and O–H groups in total. The van der Waals surface area contributed by atoms with E-state index in [1.54, 1.807) is 6.92 Å². The molecule has 0 aromatic heterocycles. The highest BCUT2D eigenvalue weighted by molar-refractivity contribution is 5.76. The quantitative estimate of drug-likeness (QED) is 0.647. The lowest BCUT2D eigenvalue weighted by atomic mass is 10.1. The Morgan fingerprint density at radius 1 is 1.36 bits per heavy atom. The summed E-state index contributed by atoms with van der Waals surface area (Å²) in [5.74, 6) is 1.28. The zero-order chi connectivity index (χ0) is 10.1. The van der Waals surface area contributed by atoms with Gasteiger partial charge in [-0.05, 0) is 45.4 Å². The summed E-state index contributed by atoms with van der Waals surface area (Å²) in [5, 5.41) is 0. The van der Waals surface area contributed by atoms with E-state index in [-0.39, 0.29) is 0 Å². The van der Waals surface area contributed by atoms with Crippen LogP contribution in [0.3, 0.4) is 0 Å². The van der Waals surface area contributed by atoms with Crippen LogP contribution in [0.1, 0.15) is 46.0 Å². The molecule has 0 spiro atoms. The maximum absolute atomic E-state index is 11.1. The predicted octanol–water partition coefficient (Wildman–Crippen LogP) is 2.23. The second-order valence-corrected chi connectivity index (χ2v) is 5.13. The Morgan fingerprint density at radius 2 is 2.00 bits per heavy atom. The molecule has 0 heterocycles. The van der Waals surface area contributed by atoms with E-state index in [0.717, 1.165) is 18.4 Å². The maximum atomic E-state index is 11.1. The van der Waals surface area contributed by atoms with Gasteiger partial charge in [-0.25, -0.2) is 0 Å². The van der Waals surface area contributed by atoms with Crippen LogP contribution in [-0.2, 0) is 4.79 Å². The molecule has 14 heavy (non-hydrogen) atoms. The highest BCUT2D eigenvalue weighted by Crippen LogP contribution is 2.36. The first-order chi connectivity index (χ1) is 6.66. The van der Waals surface area contributed by atoms with Crippen LogP contribution in [0.4, 0.5) is 0 Å². The molecule has 2 fully saturated rings. The van der Waals surface area contributed by atoms with Crippen LogP contribution in [0.5, 0.6) is 0 Å². The molecule has 2 heteroatoms. The molecular weight excluding hydrogens is 174 g/mol. The molecule has 0 amide bonds. The Kier molecular flexibility index (Phi) is 2.91. The van der Waals surface area contributed by atoms with Gasteiger partial charge < -0.3 is 0 Å². The first-order valence-electron chi connectivity index (χ1n) is 5.92. The molecule has 2 aliphatic rings. The second-order valence-electron chi connectivity index (χ2n) is 5.13. The number of rotatable bonds is 6. The van der Waals surface area contributed by atoms with Crippen molar-refractivity contribution >= 4 is 5.78 Å². The average Bonchev–Trinajstić information content (AvgIpc) is 2.94. The molecule has 0 aromatic carbocycles. The van der Waals surface area contributed by atoms with E-state index in [1.165, 1.54) is 32.2 Å². The van der Waals surface area contributed by atoms with Gasteiger partial charge in [0.15, 0.2) is 0 Å².